The number of hydrogen-bond donors (Lipinski definition) is 0. The Morgan fingerprint density at radius 1 is 0.960 bits per heavy atom. The molecule has 0 unspecified atom stereocenters. The number of thioether (sulfide) groups is 1. The van der Waals surface area contributed by atoms with Crippen molar-refractivity contribution in [1.82, 2.24) is 9.78 Å². The summed E-state index contributed by atoms with van der Waals surface area (Å²) < 4.78 is 1.88. The lowest BCUT2D eigenvalue weighted by Gasteiger charge is -2.20. The van der Waals surface area contributed by atoms with Gasteiger partial charge in [-0.3, -0.25) is 0 Å². The van der Waals surface area contributed by atoms with Crippen LogP contribution in [0.5, 0.6) is 0 Å². The van der Waals surface area contributed by atoms with Crippen molar-refractivity contribution in [3.05, 3.63) is 84.8 Å². The average Bonchev–Trinajstić information content (AvgIpc) is 3.19. The third-order valence-electron chi connectivity index (χ3n) is 4.01. The van der Waals surface area contributed by atoms with Gasteiger partial charge in [-0.25, -0.2) is 9.69 Å². The van der Waals surface area contributed by atoms with Gasteiger partial charge in [0.2, 0.25) is 0 Å². The van der Waals surface area contributed by atoms with Crippen molar-refractivity contribution in [3.63, 3.8) is 0 Å². The second-order valence-corrected chi connectivity index (χ2v) is 6.54. The summed E-state index contributed by atoms with van der Waals surface area (Å²) >= 11 is 1.73. The summed E-state index contributed by atoms with van der Waals surface area (Å²) in [6.07, 6.45) is 8.97. The van der Waals surface area contributed by atoms with E-state index in [4.69, 9.17) is 5.10 Å². The van der Waals surface area contributed by atoms with E-state index in [1.54, 1.807) is 11.8 Å². The number of aromatic nitrogens is 2. The van der Waals surface area contributed by atoms with E-state index in [2.05, 4.69) is 41.7 Å². The maximum atomic E-state index is 4.78. The molecule has 0 fully saturated rings. The summed E-state index contributed by atoms with van der Waals surface area (Å²) in [5.41, 5.74) is 3.97. The molecule has 1 aliphatic rings. The summed E-state index contributed by atoms with van der Waals surface area (Å²) in [4.78, 5) is 1.22. The lowest BCUT2D eigenvalue weighted by atomic mass is 10.2. The molecule has 0 N–H and O–H groups in total. The predicted octanol–water partition coefficient (Wildman–Crippen LogP) is 4.72. The van der Waals surface area contributed by atoms with Crippen molar-refractivity contribution < 1.29 is 0 Å². The van der Waals surface area contributed by atoms with Gasteiger partial charge in [0, 0.05) is 23.7 Å². The molecule has 3 aromatic rings. The quantitative estimate of drug-likeness (QED) is 0.641. The van der Waals surface area contributed by atoms with Crippen LogP contribution in [0.15, 0.2) is 89.1 Å². The monoisotopic (exact) mass is 346 g/mol. The highest BCUT2D eigenvalue weighted by molar-refractivity contribution is 7.98. The van der Waals surface area contributed by atoms with Crippen molar-refractivity contribution >= 4 is 23.2 Å². The van der Waals surface area contributed by atoms with E-state index in [-0.39, 0.29) is 0 Å². The first-order valence-corrected chi connectivity index (χ1v) is 9.35. The standard InChI is InChI=1S/C20H18N4S/c1-25-18-10-5-9-17(15-18)23-13-6-11-19(21-23)20-12-14-24(22-20)16-7-3-2-4-8-16/h2-10,12-15H,11H2,1H3. The maximum Gasteiger partial charge on any atom is 0.109 e. The molecule has 0 spiro atoms. The topological polar surface area (TPSA) is 33.4 Å². The van der Waals surface area contributed by atoms with Gasteiger partial charge in [-0.1, -0.05) is 30.3 Å². The van der Waals surface area contributed by atoms with Gasteiger partial charge in [0.25, 0.3) is 0 Å². The number of nitrogens with zero attached hydrogens (tertiary/aromatic N) is 4. The Bertz CT molecular complexity index is 928. The summed E-state index contributed by atoms with van der Waals surface area (Å²) in [6.45, 7) is 0. The molecule has 0 bridgehead atoms. The van der Waals surface area contributed by atoms with E-state index < -0.39 is 0 Å². The number of anilines is 1. The largest absolute Gasteiger partial charge is 0.241 e. The molecular weight excluding hydrogens is 328 g/mol. The first-order valence-electron chi connectivity index (χ1n) is 8.12. The summed E-state index contributed by atoms with van der Waals surface area (Å²) in [7, 11) is 0. The third-order valence-corrected chi connectivity index (χ3v) is 4.73. The van der Waals surface area contributed by atoms with Crippen LogP contribution >= 0.6 is 11.8 Å². The van der Waals surface area contributed by atoms with E-state index in [1.165, 1.54) is 4.90 Å². The second-order valence-electron chi connectivity index (χ2n) is 5.66. The molecule has 0 radical (unpaired) electrons. The molecule has 124 valence electrons. The SMILES string of the molecule is CSc1cccc(N2C=CCC(c3ccn(-c4ccccc4)n3)=N2)c1. The molecule has 0 saturated heterocycles. The minimum absolute atomic E-state index is 0.782. The van der Waals surface area contributed by atoms with Gasteiger partial charge in [0.15, 0.2) is 0 Å². The Morgan fingerprint density at radius 3 is 2.64 bits per heavy atom. The zero-order valence-electron chi connectivity index (χ0n) is 13.9. The lowest BCUT2D eigenvalue weighted by Crippen LogP contribution is -2.17. The Hall–Kier alpha value is -2.79. The van der Waals surface area contributed by atoms with Crippen molar-refractivity contribution in [1.29, 1.82) is 0 Å². The Kier molecular flexibility index (Phi) is 4.39. The molecule has 0 saturated carbocycles. The Balaban J connectivity index is 1.62. The highest BCUT2D eigenvalue weighted by Gasteiger charge is 2.14. The van der Waals surface area contributed by atoms with Gasteiger partial charge in [-0.2, -0.15) is 10.2 Å². The summed E-state index contributed by atoms with van der Waals surface area (Å²) in [5.74, 6) is 0. The van der Waals surface area contributed by atoms with Gasteiger partial charge in [-0.15, -0.1) is 11.8 Å². The van der Waals surface area contributed by atoms with Crippen molar-refractivity contribution in [2.75, 3.05) is 11.3 Å². The van der Waals surface area contributed by atoms with Gasteiger partial charge in [0.1, 0.15) is 5.69 Å². The minimum Gasteiger partial charge on any atom is -0.241 e. The molecular formula is C20H18N4S. The van der Waals surface area contributed by atoms with Gasteiger partial charge >= 0.3 is 0 Å². The number of rotatable bonds is 4. The van der Waals surface area contributed by atoms with Crippen LogP contribution in [0.4, 0.5) is 5.69 Å². The van der Waals surface area contributed by atoms with E-state index >= 15 is 0 Å². The van der Waals surface area contributed by atoms with E-state index in [9.17, 15) is 0 Å². The zero-order chi connectivity index (χ0) is 17.1. The van der Waals surface area contributed by atoms with Crippen molar-refractivity contribution in [2.24, 2.45) is 5.10 Å². The Labute approximate surface area is 151 Å². The average molecular weight is 346 g/mol. The molecule has 25 heavy (non-hydrogen) atoms. The molecule has 1 aromatic heterocycles. The summed E-state index contributed by atoms with van der Waals surface area (Å²) in [5, 5.41) is 11.4. The van der Waals surface area contributed by atoms with E-state index in [0.717, 1.165) is 29.2 Å². The molecule has 1 aliphatic heterocycles. The molecule has 2 aromatic carbocycles. The van der Waals surface area contributed by atoms with E-state index in [0.29, 0.717) is 0 Å². The fourth-order valence-corrected chi connectivity index (χ4v) is 3.18. The zero-order valence-corrected chi connectivity index (χ0v) is 14.7. The second kappa shape index (κ2) is 6.99. The molecule has 2 heterocycles. The normalized spacial score (nSPS) is 13.8. The van der Waals surface area contributed by atoms with Crippen LogP contribution in [-0.4, -0.2) is 21.7 Å². The highest BCUT2D eigenvalue weighted by atomic mass is 32.2. The minimum atomic E-state index is 0.782. The predicted molar refractivity (Wildman–Crippen MR) is 105 cm³/mol. The number of allylic oxidation sites excluding steroid dienone is 1. The highest BCUT2D eigenvalue weighted by Crippen LogP contribution is 2.25. The fraction of sp³-hybridized carbons (Fsp3) is 0.100. The lowest BCUT2D eigenvalue weighted by molar-refractivity contribution is 0.872. The van der Waals surface area contributed by atoms with Crippen LogP contribution in [0.25, 0.3) is 5.69 Å². The van der Waals surface area contributed by atoms with Crippen LogP contribution in [0.2, 0.25) is 0 Å². The van der Waals surface area contributed by atoms with Gasteiger partial charge in [0.05, 0.1) is 17.1 Å². The fourth-order valence-electron chi connectivity index (χ4n) is 2.72. The van der Waals surface area contributed by atoms with Crippen molar-refractivity contribution in [3.8, 4) is 5.69 Å². The maximum absolute atomic E-state index is 4.78. The third kappa shape index (κ3) is 3.37. The first kappa shape index (κ1) is 15.7. The van der Waals surface area contributed by atoms with Crippen molar-refractivity contribution in [2.45, 2.75) is 11.3 Å². The number of benzene rings is 2. The number of para-hydroxylation sites is 1. The molecule has 0 amide bonds. The number of hydrazone groups is 1. The smallest absolute Gasteiger partial charge is 0.109 e. The Morgan fingerprint density at radius 2 is 1.80 bits per heavy atom. The molecule has 0 aliphatic carbocycles. The molecule has 0 atom stereocenters. The number of hydrogen-bond acceptors (Lipinski definition) is 4. The van der Waals surface area contributed by atoms with Gasteiger partial charge in [-0.05, 0) is 42.7 Å². The van der Waals surface area contributed by atoms with Crippen LogP contribution < -0.4 is 5.01 Å². The molecule has 4 rings (SSSR count). The summed E-state index contributed by atoms with van der Waals surface area (Å²) in [6, 6.07) is 20.5. The molecule has 4 nitrogen and oxygen atoms in total. The van der Waals surface area contributed by atoms with E-state index in [1.807, 2.05) is 58.5 Å². The first-order chi connectivity index (χ1) is 12.3. The van der Waals surface area contributed by atoms with Crippen LogP contribution in [0, 0.1) is 0 Å². The van der Waals surface area contributed by atoms with Crippen LogP contribution in [0.1, 0.15) is 12.1 Å². The molecule has 5 heteroatoms. The van der Waals surface area contributed by atoms with Crippen LogP contribution in [-0.2, 0) is 0 Å². The van der Waals surface area contributed by atoms with Gasteiger partial charge < -0.3 is 0 Å². The van der Waals surface area contributed by atoms with Crippen LogP contribution in [0.3, 0.4) is 0 Å².